The molecule has 7 heteroatoms. The Morgan fingerprint density at radius 3 is 2.17 bits per heavy atom. The maximum atomic E-state index is 14.5. The van der Waals surface area contributed by atoms with Gasteiger partial charge in [-0.1, -0.05) is 35.9 Å². The first-order valence-corrected chi connectivity index (χ1v) is 10.6. The van der Waals surface area contributed by atoms with Crippen molar-refractivity contribution in [1.29, 1.82) is 0 Å². The number of carbonyl (C=O) groups is 1. The van der Waals surface area contributed by atoms with E-state index in [-0.39, 0.29) is 16.2 Å². The first-order valence-electron chi connectivity index (χ1n) is 8.92. The van der Waals surface area contributed by atoms with Gasteiger partial charge in [0.2, 0.25) is 0 Å². The van der Waals surface area contributed by atoms with Gasteiger partial charge in [0.1, 0.15) is 5.82 Å². The Hall–Kier alpha value is -3.03. The van der Waals surface area contributed by atoms with Crippen molar-refractivity contribution in [2.45, 2.75) is 11.8 Å². The zero-order valence-electron chi connectivity index (χ0n) is 15.7. The lowest BCUT2D eigenvalue weighted by atomic mass is 10.0. The van der Waals surface area contributed by atoms with Crippen molar-refractivity contribution >= 4 is 21.4 Å². The Labute approximate surface area is 168 Å². The van der Waals surface area contributed by atoms with Crippen LogP contribution in [0.2, 0.25) is 0 Å². The number of hydrogen-bond acceptors (Lipinski definition) is 4. The predicted molar refractivity (Wildman–Crippen MR) is 110 cm³/mol. The lowest BCUT2D eigenvalue weighted by Crippen LogP contribution is -2.14. The van der Waals surface area contributed by atoms with E-state index in [9.17, 15) is 17.6 Å². The van der Waals surface area contributed by atoms with Crippen molar-refractivity contribution in [2.75, 3.05) is 17.7 Å². The molecule has 0 aliphatic rings. The first-order chi connectivity index (χ1) is 13.8. The van der Waals surface area contributed by atoms with Crippen LogP contribution in [0.4, 0.5) is 10.1 Å². The minimum absolute atomic E-state index is 0.0400. The van der Waals surface area contributed by atoms with Crippen LogP contribution in [0, 0.1) is 12.7 Å². The molecule has 150 valence electrons. The molecule has 5 nitrogen and oxygen atoms in total. The third kappa shape index (κ3) is 4.88. The van der Waals surface area contributed by atoms with Crippen LogP contribution < -0.4 is 5.32 Å². The summed E-state index contributed by atoms with van der Waals surface area (Å²) in [6.07, 6.45) is 0. The number of sulfone groups is 1. The Balaban J connectivity index is 1.76. The van der Waals surface area contributed by atoms with Crippen LogP contribution in [0.1, 0.15) is 15.9 Å². The molecule has 29 heavy (non-hydrogen) atoms. The quantitative estimate of drug-likeness (QED) is 0.644. The SMILES string of the molecule is Cc1ccc(-c2ccc(C(=O)Nc3ccc(S(=O)(=O)CCO)cc3)c(F)c2)cc1. The minimum Gasteiger partial charge on any atom is -0.395 e. The van der Waals surface area contributed by atoms with E-state index in [1.165, 1.54) is 36.4 Å². The van der Waals surface area contributed by atoms with E-state index in [1.807, 2.05) is 31.2 Å². The molecule has 0 bridgehead atoms. The molecule has 3 rings (SSSR count). The number of aryl methyl sites for hydroxylation is 1. The molecule has 3 aromatic rings. The van der Waals surface area contributed by atoms with Crippen LogP contribution in [0.3, 0.4) is 0 Å². The molecule has 0 aromatic heterocycles. The molecule has 2 N–H and O–H groups in total. The third-order valence-electron chi connectivity index (χ3n) is 4.43. The van der Waals surface area contributed by atoms with Gasteiger partial charge >= 0.3 is 0 Å². The summed E-state index contributed by atoms with van der Waals surface area (Å²) in [5.41, 5.74) is 2.83. The molecular weight excluding hydrogens is 393 g/mol. The van der Waals surface area contributed by atoms with E-state index < -0.39 is 28.2 Å². The van der Waals surface area contributed by atoms with Crippen molar-refractivity contribution in [3.8, 4) is 11.1 Å². The number of amides is 1. The fraction of sp³-hybridized carbons (Fsp3) is 0.136. The average molecular weight is 413 g/mol. The lowest BCUT2D eigenvalue weighted by Gasteiger charge is -2.09. The number of halogens is 1. The van der Waals surface area contributed by atoms with Crippen molar-refractivity contribution in [3.05, 3.63) is 83.7 Å². The molecular formula is C22H20FNO4S. The Morgan fingerprint density at radius 2 is 1.59 bits per heavy atom. The number of aliphatic hydroxyl groups excluding tert-OH is 1. The normalized spacial score (nSPS) is 11.3. The number of aliphatic hydroxyl groups is 1. The van der Waals surface area contributed by atoms with E-state index >= 15 is 0 Å². The number of rotatable bonds is 6. The van der Waals surface area contributed by atoms with Gasteiger partial charge in [0.15, 0.2) is 9.84 Å². The largest absolute Gasteiger partial charge is 0.395 e. The maximum absolute atomic E-state index is 14.5. The lowest BCUT2D eigenvalue weighted by molar-refractivity contribution is 0.102. The third-order valence-corrected chi connectivity index (χ3v) is 6.14. The predicted octanol–water partition coefficient (Wildman–Crippen LogP) is 3.82. The standard InChI is InChI=1S/C22H20FNO4S/c1-15-2-4-16(5-3-15)17-6-11-20(21(23)14-17)22(26)24-18-7-9-19(10-8-18)29(27,28)13-12-25/h2-11,14,25H,12-13H2,1H3,(H,24,26). The summed E-state index contributed by atoms with van der Waals surface area (Å²) in [6, 6.07) is 17.5. The Kier molecular flexibility index (Phi) is 6.10. The summed E-state index contributed by atoms with van der Waals surface area (Å²) in [4.78, 5) is 12.4. The molecule has 3 aromatic carbocycles. The Morgan fingerprint density at radius 1 is 0.966 bits per heavy atom. The molecule has 0 unspecified atom stereocenters. The van der Waals surface area contributed by atoms with Crippen LogP contribution in [0.15, 0.2) is 71.6 Å². The number of benzene rings is 3. The highest BCUT2D eigenvalue weighted by molar-refractivity contribution is 7.91. The molecule has 0 radical (unpaired) electrons. The van der Waals surface area contributed by atoms with Gasteiger partial charge in [0, 0.05) is 5.69 Å². The second kappa shape index (κ2) is 8.55. The van der Waals surface area contributed by atoms with Crippen LogP contribution in [-0.4, -0.2) is 31.8 Å². The first kappa shape index (κ1) is 20.7. The topological polar surface area (TPSA) is 83.5 Å². The van der Waals surface area contributed by atoms with Crippen LogP contribution >= 0.6 is 0 Å². The fourth-order valence-electron chi connectivity index (χ4n) is 2.81. The molecule has 0 fully saturated rings. The van der Waals surface area contributed by atoms with Crippen LogP contribution in [0.25, 0.3) is 11.1 Å². The van der Waals surface area contributed by atoms with Crippen LogP contribution in [0.5, 0.6) is 0 Å². The van der Waals surface area contributed by atoms with Crippen molar-refractivity contribution in [3.63, 3.8) is 0 Å². The summed E-state index contributed by atoms with van der Waals surface area (Å²) in [6.45, 7) is 1.49. The monoisotopic (exact) mass is 413 g/mol. The summed E-state index contributed by atoms with van der Waals surface area (Å²) < 4.78 is 38.3. The van der Waals surface area contributed by atoms with Crippen molar-refractivity contribution in [2.24, 2.45) is 0 Å². The fourth-order valence-corrected chi connectivity index (χ4v) is 3.83. The molecule has 0 atom stereocenters. The highest BCUT2D eigenvalue weighted by Gasteiger charge is 2.15. The second-order valence-electron chi connectivity index (χ2n) is 6.58. The summed E-state index contributed by atoms with van der Waals surface area (Å²) in [5, 5.41) is 11.4. The van der Waals surface area contributed by atoms with Crippen LogP contribution in [-0.2, 0) is 9.84 Å². The van der Waals surface area contributed by atoms with Gasteiger partial charge in [0.25, 0.3) is 5.91 Å². The molecule has 0 spiro atoms. The summed E-state index contributed by atoms with van der Waals surface area (Å²) in [5.74, 6) is -1.66. The van der Waals surface area contributed by atoms with Gasteiger partial charge < -0.3 is 10.4 Å². The average Bonchev–Trinajstić information content (AvgIpc) is 2.69. The second-order valence-corrected chi connectivity index (χ2v) is 8.69. The van der Waals surface area contributed by atoms with E-state index in [0.717, 1.165) is 11.1 Å². The van der Waals surface area contributed by atoms with Crippen molar-refractivity contribution in [1.82, 2.24) is 0 Å². The molecule has 0 saturated heterocycles. The van der Waals surface area contributed by atoms with Crippen molar-refractivity contribution < 1.29 is 22.7 Å². The number of carbonyl (C=O) groups excluding carboxylic acids is 1. The van der Waals surface area contributed by atoms with E-state index in [4.69, 9.17) is 5.11 Å². The van der Waals surface area contributed by atoms with Gasteiger partial charge in [-0.15, -0.1) is 0 Å². The van der Waals surface area contributed by atoms with Gasteiger partial charge in [0.05, 0.1) is 22.8 Å². The van der Waals surface area contributed by atoms with E-state index in [0.29, 0.717) is 11.3 Å². The number of nitrogens with one attached hydrogen (secondary N) is 1. The van der Waals surface area contributed by atoms with Gasteiger partial charge in [-0.3, -0.25) is 4.79 Å². The molecule has 0 aliphatic carbocycles. The highest BCUT2D eigenvalue weighted by atomic mass is 32.2. The van der Waals surface area contributed by atoms with Gasteiger partial charge in [-0.05, 0) is 54.4 Å². The van der Waals surface area contributed by atoms with E-state index in [1.54, 1.807) is 6.07 Å². The Bertz CT molecular complexity index is 1120. The zero-order chi connectivity index (χ0) is 21.0. The molecule has 0 saturated carbocycles. The highest BCUT2D eigenvalue weighted by Crippen LogP contribution is 2.23. The maximum Gasteiger partial charge on any atom is 0.258 e. The van der Waals surface area contributed by atoms with Gasteiger partial charge in [-0.25, -0.2) is 12.8 Å². The summed E-state index contributed by atoms with van der Waals surface area (Å²) in [7, 11) is -3.57. The summed E-state index contributed by atoms with van der Waals surface area (Å²) >= 11 is 0. The molecule has 0 heterocycles. The smallest absolute Gasteiger partial charge is 0.258 e. The number of anilines is 1. The molecule has 1 amide bonds. The van der Waals surface area contributed by atoms with Gasteiger partial charge in [-0.2, -0.15) is 0 Å². The van der Waals surface area contributed by atoms with E-state index in [2.05, 4.69) is 5.32 Å². The number of hydrogen-bond donors (Lipinski definition) is 2. The minimum atomic E-state index is -3.57. The molecule has 0 aliphatic heterocycles. The zero-order valence-corrected chi connectivity index (χ0v) is 16.5.